The molecule has 44 heavy (non-hydrogen) atoms. The fourth-order valence-corrected chi connectivity index (χ4v) is 3.61. The molecule has 9 nitrogen and oxygen atoms in total. The number of carbonyl (C=O) groups is 2. The third-order valence-corrected chi connectivity index (χ3v) is 6.10. The number of ether oxygens (including phenoxy) is 1. The van der Waals surface area contributed by atoms with Gasteiger partial charge in [-0.05, 0) is 54.2 Å². The van der Waals surface area contributed by atoms with Gasteiger partial charge < -0.3 is 31.1 Å². The van der Waals surface area contributed by atoms with Gasteiger partial charge in [0.25, 0.3) is 5.56 Å². The largest absolute Gasteiger partial charge is 0.468 e. The van der Waals surface area contributed by atoms with E-state index in [2.05, 4.69) is 14.7 Å². The second-order valence-electron chi connectivity index (χ2n) is 11.4. The van der Waals surface area contributed by atoms with Gasteiger partial charge in [0.2, 0.25) is 0 Å². The number of nitrogens with zero attached hydrogens (tertiary/aromatic N) is 1. The van der Waals surface area contributed by atoms with Crippen molar-refractivity contribution in [2.24, 2.45) is 22.8 Å². The van der Waals surface area contributed by atoms with Crippen molar-refractivity contribution in [3.05, 3.63) is 85.8 Å². The number of aliphatic hydroxyl groups is 1. The van der Waals surface area contributed by atoms with Crippen LogP contribution in [0.15, 0.2) is 47.4 Å². The highest BCUT2D eigenvalue weighted by molar-refractivity contribution is 6.31. The number of hydrogen-bond donors (Lipinski definition) is 4. The molecule has 0 saturated carbocycles. The van der Waals surface area contributed by atoms with E-state index in [1.165, 1.54) is 49.7 Å². The van der Waals surface area contributed by atoms with Gasteiger partial charge in [0.05, 0.1) is 18.8 Å². The molecule has 0 aliphatic carbocycles. The number of hydrogen-bond acceptors (Lipinski definition) is 8. The van der Waals surface area contributed by atoms with Crippen LogP contribution in [-0.2, 0) is 19.7 Å². The van der Waals surface area contributed by atoms with Crippen molar-refractivity contribution in [2.75, 3.05) is 13.7 Å². The van der Waals surface area contributed by atoms with E-state index in [0.717, 1.165) is 0 Å². The van der Waals surface area contributed by atoms with Crippen molar-refractivity contribution in [1.82, 2.24) is 9.97 Å². The lowest BCUT2D eigenvalue weighted by Gasteiger charge is -2.22. The second-order valence-corrected chi connectivity index (χ2v) is 12.2. The van der Waals surface area contributed by atoms with Gasteiger partial charge in [-0.1, -0.05) is 64.7 Å². The van der Waals surface area contributed by atoms with Gasteiger partial charge in [-0.3, -0.25) is 9.59 Å². The number of methoxy groups -OCH3 is 1. The van der Waals surface area contributed by atoms with E-state index in [0.29, 0.717) is 21.9 Å². The number of aromatic nitrogens is 2. The Kier molecular flexibility index (Phi) is 17.2. The van der Waals surface area contributed by atoms with Crippen LogP contribution in [0.1, 0.15) is 65.8 Å². The highest BCUT2D eigenvalue weighted by Crippen LogP contribution is 2.25. The zero-order valence-corrected chi connectivity index (χ0v) is 27.7. The van der Waals surface area contributed by atoms with Gasteiger partial charge in [-0.2, -0.15) is 0 Å². The van der Waals surface area contributed by atoms with E-state index >= 15 is 0 Å². The average Bonchev–Trinajstić information content (AvgIpc) is 2.91. The molecule has 1 heterocycles. The van der Waals surface area contributed by atoms with Crippen LogP contribution in [0.4, 0.5) is 8.78 Å². The number of halogens is 4. The number of nitrogens with two attached hydrogens (primary N) is 2. The first-order valence-electron chi connectivity index (χ1n) is 13.4. The van der Waals surface area contributed by atoms with Crippen LogP contribution >= 0.6 is 23.2 Å². The van der Waals surface area contributed by atoms with Crippen molar-refractivity contribution in [3.8, 4) is 11.4 Å². The summed E-state index contributed by atoms with van der Waals surface area (Å²) in [6.45, 7) is 13.1. The van der Waals surface area contributed by atoms with E-state index < -0.39 is 29.7 Å². The van der Waals surface area contributed by atoms with E-state index in [1.807, 2.05) is 41.5 Å². The molecule has 0 saturated heterocycles. The number of esters is 1. The highest BCUT2D eigenvalue weighted by Gasteiger charge is 2.31. The minimum absolute atomic E-state index is 0.179. The molecule has 1 aromatic heterocycles. The SMILES string of the molecule is CC(C)(C)c1cnc(-c2cc(Cl)ccc2F)[nH]c1=O.CCO.COC(=O)C(C=O)C(C)(C)C.NC(N)c1cc(Cl)ccc1F. The number of H-pyrrole nitrogens is 1. The lowest BCUT2D eigenvalue weighted by molar-refractivity contribution is -0.150. The number of carbonyl (C=O) groups excluding carboxylic acids is 2. The summed E-state index contributed by atoms with van der Waals surface area (Å²) in [4.78, 5) is 40.1. The van der Waals surface area contributed by atoms with E-state index in [-0.39, 0.29) is 39.9 Å². The molecule has 1 unspecified atom stereocenters. The maximum Gasteiger partial charge on any atom is 0.316 e. The second kappa shape index (κ2) is 18.6. The zero-order valence-electron chi connectivity index (χ0n) is 26.2. The van der Waals surface area contributed by atoms with Gasteiger partial charge in [-0.25, -0.2) is 13.8 Å². The van der Waals surface area contributed by atoms with Crippen molar-refractivity contribution in [2.45, 2.75) is 60.0 Å². The summed E-state index contributed by atoms with van der Waals surface area (Å²) in [5.74, 6) is -1.85. The molecule has 1 atom stereocenters. The molecular formula is C31H42Cl2F2N4O5. The molecule has 0 radical (unpaired) electrons. The van der Waals surface area contributed by atoms with E-state index in [4.69, 9.17) is 39.8 Å². The van der Waals surface area contributed by atoms with E-state index in [9.17, 15) is 23.2 Å². The third kappa shape index (κ3) is 13.6. The Labute approximate surface area is 266 Å². The van der Waals surface area contributed by atoms with Gasteiger partial charge >= 0.3 is 5.97 Å². The molecule has 0 aliphatic heterocycles. The Balaban J connectivity index is 0.000000639. The molecule has 0 fully saturated rings. The van der Waals surface area contributed by atoms with Crippen molar-refractivity contribution in [3.63, 3.8) is 0 Å². The molecule has 13 heteroatoms. The molecule has 3 aromatic rings. The predicted molar refractivity (Wildman–Crippen MR) is 170 cm³/mol. The van der Waals surface area contributed by atoms with Crippen LogP contribution in [0.3, 0.4) is 0 Å². The highest BCUT2D eigenvalue weighted by atomic mass is 35.5. The van der Waals surface area contributed by atoms with Crippen LogP contribution in [0, 0.1) is 23.0 Å². The van der Waals surface area contributed by atoms with Gasteiger partial charge in [-0.15, -0.1) is 0 Å². The minimum atomic E-state index is -0.811. The molecule has 0 aliphatic rings. The molecule has 2 aromatic carbocycles. The maximum absolute atomic E-state index is 13.7. The van der Waals surface area contributed by atoms with Crippen LogP contribution in [0.25, 0.3) is 11.4 Å². The third-order valence-electron chi connectivity index (χ3n) is 5.63. The van der Waals surface area contributed by atoms with Crippen molar-refractivity contribution in [1.29, 1.82) is 0 Å². The van der Waals surface area contributed by atoms with Crippen LogP contribution in [0.5, 0.6) is 0 Å². The number of aldehydes is 1. The van der Waals surface area contributed by atoms with Crippen LogP contribution in [0.2, 0.25) is 10.0 Å². The molecule has 244 valence electrons. The summed E-state index contributed by atoms with van der Waals surface area (Å²) in [7, 11) is 1.28. The quantitative estimate of drug-likeness (QED) is 0.116. The summed E-state index contributed by atoms with van der Waals surface area (Å²) in [6.07, 6.45) is 1.30. The summed E-state index contributed by atoms with van der Waals surface area (Å²) >= 11 is 11.4. The topological polar surface area (TPSA) is 161 Å². The first-order valence-corrected chi connectivity index (χ1v) is 14.2. The Morgan fingerprint density at radius 2 is 1.55 bits per heavy atom. The van der Waals surface area contributed by atoms with Crippen molar-refractivity contribution >= 4 is 35.5 Å². The molecule has 0 spiro atoms. The minimum Gasteiger partial charge on any atom is -0.468 e. The first-order chi connectivity index (χ1) is 20.2. The predicted octanol–water partition coefficient (Wildman–Crippen LogP) is 5.94. The Bertz CT molecular complexity index is 1420. The molecule has 3 rings (SSSR count). The van der Waals surface area contributed by atoms with Gasteiger partial charge in [0, 0.05) is 34.0 Å². The Morgan fingerprint density at radius 1 is 1.05 bits per heavy atom. The molecular weight excluding hydrogens is 617 g/mol. The lowest BCUT2D eigenvalue weighted by atomic mass is 9.82. The Morgan fingerprint density at radius 3 is 1.91 bits per heavy atom. The van der Waals surface area contributed by atoms with Crippen molar-refractivity contribution < 1.29 is 28.2 Å². The fourth-order valence-electron chi connectivity index (χ4n) is 3.26. The van der Waals surface area contributed by atoms with Gasteiger partial charge in [0.1, 0.15) is 29.7 Å². The standard InChI is InChI=1S/C14H14ClFN2O.C8H14O3.C7H8ClFN2.C2H6O/c1-14(2,3)10-7-17-12(18-13(10)19)9-6-8(15)4-5-11(9)16;1-8(2,3)6(5-9)7(10)11-4;8-4-1-2-6(9)5(3-4)7(10)11;1-2-3/h4-7H,1-3H3,(H,17,18,19);5-6H,1-4H3;1-3,7H,10-11H2;3H,2H2,1H3. The summed E-state index contributed by atoms with van der Waals surface area (Å²) in [5, 5.41) is 8.39. The van der Waals surface area contributed by atoms with Gasteiger partial charge in [0.15, 0.2) is 0 Å². The summed E-state index contributed by atoms with van der Waals surface area (Å²) in [5.41, 5.74) is 10.6. The first kappa shape index (κ1) is 40.8. The zero-order chi connectivity index (χ0) is 34.4. The Hall–Kier alpha value is -3.22. The summed E-state index contributed by atoms with van der Waals surface area (Å²) in [6, 6.07) is 8.23. The lowest BCUT2D eigenvalue weighted by Crippen LogP contribution is -2.30. The van der Waals surface area contributed by atoms with Crippen LogP contribution < -0.4 is 17.0 Å². The number of aliphatic hydroxyl groups excluding tert-OH is 1. The smallest absolute Gasteiger partial charge is 0.316 e. The molecule has 6 N–H and O–H groups in total. The van der Waals surface area contributed by atoms with E-state index in [1.54, 1.807) is 6.92 Å². The normalized spacial score (nSPS) is 11.5. The van der Waals surface area contributed by atoms with Crippen LogP contribution in [-0.4, -0.2) is 41.0 Å². The number of rotatable bonds is 4. The maximum atomic E-state index is 13.7. The molecule has 0 bridgehead atoms. The average molecular weight is 660 g/mol. The molecule has 0 amide bonds. The monoisotopic (exact) mass is 658 g/mol. The summed E-state index contributed by atoms with van der Waals surface area (Å²) < 4.78 is 31.0. The number of aromatic amines is 1. The number of benzene rings is 2. The fraction of sp³-hybridized carbons (Fsp3) is 0.419. The number of nitrogens with one attached hydrogen (secondary N) is 1.